The Bertz CT molecular complexity index is 819. The predicted molar refractivity (Wildman–Crippen MR) is 111 cm³/mol. The number of piperidine rings is 1. The lowest BCUT2D eigenvalue weighted by Gasteiger charge is -2.34. The van der Waals surface area contributed by atoms with Gasteiger partial charge in [0.05, 0.1) is 23.6 Å². The summed E-state index contributed by atoms with van der Waals surface area (Å²) in [5.41, 5.74) is 1.70. The summed E-state index contributed by atoms with van der Waals surface area (Å²) in [5, 5.41) is 3.27. The lowest BCUT2D eigenvalue weighted by Crippen LogP contribution is -2.45. The van der Waals surface area contributed by atoms with Crippen molar-refractivity contribution in [2.75, 3.05) is 24.6 Å². The molecule has 1 aliphatic carbocycles. The number of hydrogen-bond donors (Lipinski definition) is 1. The number of benzene rings is 1. The molecule has 6 nitrogen and oxygen atoms in total. The Kier molecular flexibility index (Phi) is 5.93. The van der Waals surface area contributed by atoms with Crippen molar-refractivity contribution in [2.24, 2.45) is 5.92 Å². The van der Waals surface area contributed by atoms with Crippen LogP contribution in [0, 0.1) is 5.92 Å². The van der Waals surface area contributed by atoms with Gasteiger partial charge in [-0.1, -0.05) is 31.9 Å². The first-order valence-corrected chi connectivity index (χ1v) is 10.7. The molecule has 0 bridgehead atoms. The highest BCUT2D eigenvalue weighted by atomic mass is 16.5. The molecule has 1 amide bonds. The summed E-state index contributed by atoms with van der Waals surface area (Å²) >= 11 is 0. The van der Waals surface area contributed by atoms with Crippen LogP contribution >= 0.6 is 0 Å². The van der Waals surface area contributed by atoms with Crippen molar-refractivity contribution in [1.29, 1.82) is 0 Å². The van der Waals surface area contributed by atoms with E-state index in [0.717, 1.165) is 55.5 Å². The molecule has 1 N–H and O–H groups in total. The zero-order valence-corrected chi connectivity index (χ0v) is 16.7. The zero-order valence-electron chi connectivity index (χ0n) is 16.7. The number of fused-ring (bicyclic) bond motifs is 1. The van der Waals surface area contributed by atoms with Gasteiger partial charge in [0, 0.05) is 19.1 Å². The fourth-order valence-electron chi connectivity index (χ4n) is 4.25. The van der Waals surface area contributed by atoms with E-state index >= 15 is 0 Å². The zero-order chi connectivity index (χ0) is 19.3. The van der Waals surface area contributed by atoms with Crippen molar-refractivity contribution in [3.8, 4) is 5.88 Å². The number of aromatic nitrogens is 2. The molecule has 2 heterocycles. The number of nitrogens with zero attached hydrogens (tertiary/aromatic N) is 3. The molecule has 2 fully saturated rings. The molecule has 2 aliphatic rings. The average Bonchev–Trinajstić information content (AvgIpc) is 3.24. The average molecular weight is 383 g/mol. The molecule has 6 heteroatoms. The number of para-hydroxylation sites is 2. The van der Waals surface area contributed by atoms with Gasteiger partial charge in [-0.2, -0.15) is 0 Å². The van der Waals surface area contributed by atoms with Gasteiger partial charge in [0.25, 0.3) is 5.88 Å². The first-order valence-electron chi connectivity index (χ1n) is 10.7. The number of hydrogen-bond acceptors (Lipinski definition) is 5. The van der Waals surface area contributed by atoms with Crippen LogP contribution in [0.3, 0.4) is 0 Å². The smallest absolute Gasteiger partial charge is 0.258 e. The topological polar surface area (TPSA) is 67.4 Å². The maximum atomic E-state index is 12.8. The maximum Gasteiger partial charge on any atom is 0.258 e. The molecule has 0 unspecified atom stereocenters. The molecule has 1 atom stereocenters. The van der Waals surface area contributed by atoms with Crippen LogP contribution in [0.5, 0.6) is 5.88 Å². The second kappa shape index (κ2) is 8.76. The minimum Gasteiger partial charge on any atom is -0.475 e. The molecule has 4 rings (SSSR count). The summed E-state index contributed by atoms with van der Waals surface area (Å²) in [4.78, 5) is 24.6. The number of rotatable bonds is 6. The van der Waals surface area contributed by atoms with Crippen LogP contribution in [0.2, 0.25) is 0 Å². The van der Waals surface area contributed by atoms with E-state index in [9.17, 15) is 4.79 Å². The molecule has 1 aromatic heterocycles. The fraction of sp³-hybridized carbons (Fsp3) is 0.591. The highest BCUT2D eigenvalue weighted by Crippen LogP contribution is 2.31. The van der Waals surface area contributed by atoms with E-state index in [0.29, 0.717) is 25.1 Å². The third-order valence-electron chi connectivity index (χ3n) is 5.76. The van der Waals surface area contributed by atoms with Crippen molar-refractivity contribution in [3.05, 3.63) is 24.3 Å². The van der Waals surface area contributed by atoms with E-state index in [1.807, 2.05) is 24.3 Å². The van der Waals surface area contributed by atoms with Gasteiger partial charge in [-0.3, -0.25) is 4.79 Å². The van der Waals surface area contributed by atoms with E-state index in [1.54, 1.807) is 0 Å². The van der Waals surface area contributed by atoms with Gasteiger partial charge in [0.15, 0.2) is 5.82 Å². The largest absolute Gasteiger partial charge is 0.475 e. The summed E-state index contributed by atoms with van der Waals surface area (Å²) < 4.78 is 5.94. The molecule has 1 saturated carbocycles. The summed E-state index contributed by atoms with van der Waals surface area (Å²) in [5.74, 6) is 1.55. The van der Waals surface area contributed by atoms with Crippen molar-refractivity contribution in [3.63, 3.8) is 0 Å². The molecule has 150 valence electrons. The minimum absolute atomic E-state index is 0.00152. The standard InChI is InChI=1S/C22H30N4O2/c1-2-14-28-22-20(24-18-11-5-6-12-19(18)25-22)26-13-7-8-16(15-26)21(27)23-17-9-3-4-10-17/h5-6,11-12,16-17H,2-4,7-10,13-15H2,1H3,(H,23,27)/t16-/m1/s1. The number of ether oxygens (including phenoxy) is 1. The Labute approximate surface area is 166 Å². The number of amides is 1. The predicted octanol–water partition coefficient (Wildman–Crippen LogP) is 3.69. The maximum absolute atomic E-state index is 12.8. The SMILES string of the molecule is CCCOc1nc2ccccc2nc1N1CCC[C@@H](C(=O)NC2CCCC2)C1. The second-order valence-electron chi connectivity index (χ2n) is 7.96. The van der Waals surface area contributed by atoms with Gasteiger partial charge in [-0.15, -0.1) is 0 Å². The van der Waals surface area contributed by atoms with Crippen molar-refractivity contribution < 1.29 is 9.53 Å². The second-order valence-corrected chi connectivity index (χ2v) is 7.96. The van der Waals surface area contributed by atoms with E-state index in [-0.39, 0.29) is 11.8 Å². The minimum atomic E-state index is 0.00152. The highest BCUT2D eigenvalue weighted by Gasteiger charge is 2.30. The Morgan fingerprint density at radius 1 is 1.14 bits per heavy atom. The normalized spacial score (nSPS) is 20.5. The molecule has 28 heavy (non-hydrogen) atoms. The van der Waals surface area contributed by atoms with Crippen LogP contribution in [-0.4, -0.2) is 41.6 Å². The highest BCUT2D eigenvalue weighted by molar-refractivity contribution is 5.81. The van der Waals surface area contributed by atoms with Gasteiger partial charge >= 0.3 is 0 Å². The molecule has 0 radical (unpaired) electrons. The van der Waals surface area contributed by atoms with Crippen LogP contribution in [0.4, 0.5) is 5.82 Å². The van der Waals surface area contributed by atoms with Crippen molar-refractivity contribution >= 4 is 22.8 Å². The molecule has 1 saturated heterocycles. The Morgan fingerprint density at radius 3 is 2.64 bits per heavy atom. The summed E-state index contributed by atoms with van der Waals surface area (Å²) in [6.45, 7) is 4.24. The molecule has 2 aromatic rings. The van der Waals surface area contributed by atoms with Crippen LogP contribution in [-0.2, 0) is 4.79 Å². The number of carbonyl (C=O) groups is 1. The Balaban J connectivity index is 1.54. The first kappa shape index (κ1) is 19.0. The van der Waals surface area contributed by atoms with Crippen molar-refractivity contribution in [2.45, 2.75) is 57.9 Å². The number of anilines is 1. The molecular weight excluding hydrogens is 352 g/mol. The van der Waals surface area contributed by atoms with Crippen LogP contribution in [0.25, 0.3) is 11.0 Å². The monoisotopic (exact) mass is 382 g/mol. The van der Waals surface area contributed by atoms with Crippen LogP contribution < -0.4 is 15.0 Å². The first-order chi connectivity index (χ1) is 13.7. The number of carbonyl (C=O) groups excluding carboxylic acids is 1. The van der Waals surface area contributed by atoms with E-state index < -0.39 is 0 Å². The van der Waals surface area contributed by atoms with Gasteiger partial charge in [-0.05, 0) is 44.2 Å². The third-order valence-corrected chi connectivity index (χ3v) is 5.76. The Hall–Kier alpha value is -2.37. The molecule has 0 spiro atoms. The van der Waals surface area contributed by atoms with E-state index in [1.165, 1.54) is 12.8 Å². The van der Waals surface area contributed by atoms with Gasteiger partial charge < -0.3 is 15.0 Å². The van der Waals surface area contributed by atoms with Crippen LogP contribution in [0.15, 0.2) is 24.3 Å². The quantitative estimate of drug-likeness (QED) is 0.825. The lowest BCUT2D eigenvalue weighted by molar-refractivity contribution is -0.125. The molecule has 1 aliphatic heterocycles. The van der Waals surface area contributed by atoms with Gasteiger partial charge in [-0.25, -0.2) is 9.97 Å². The van der Waals surface area contributed by atoms with E-state index in [4.69, 9.17) is 14.7 Å². The number of nitrogens with one attached hydrogen (secondary N) is 1. The molecule has 1 aromatic carbocycles. The Morgan fingerprint density at radius 2 is 1.89 bits per heavy atom. The summed E-state index contributed by atoms with van der Waals surface area (Å²) in [7, 11) is 0. The van der Waals surface area contributed by atoms with Gasteiger partial charge in [0.1, 0.15) is 0 Å². The molecular formula is C22H30N4O2. The van der Waals surface area contributed by atoms with Gasteiger partial charge in [0.2, 0.25) is 5.91 Å². The fourth-order valence-corrected chi connectivity index (χ4v) is 4.25. The van der Waals surface area contributed by atoms with Crippen LogP contribution in [0.1, 0.15) is 51.9 Å². The van der Waals surface area contributed by atoms with E-state index in [2.05, 4.69) is 17.1 Å². The summed E-state index contributed by atoms with van der Waals surface area (Å²) in [6, 6.07) is 8.24. The summed E-state index contributed by atoms with van der Waals surface area (Å²) in [6.07, 6.45) is 7.52. The lowest BCUT2D eigenvalue weighted by atomic mass is 9.96. The third kappa shape index (κ3) is 4.21. The van der Waals surface area contributed by atoms with Crippen molar-refractivity contribution in [1.82, 2.24) is 15.3 Å².